The zero-order chi connectivity index (χ0) is 10.1. The fraction of sp³-hybridized carbons (Fsp3) is 0.300. The summed E-state index contributed by atoms with van der Waals surface area (Å²) in [6.45, 7) is 2.48. The van der Waals surface area contributed by atoms with Crippen LogP contribution in [-0.2, 0) is 0 Å². The molecule has 0 aromatic heterocycles. The van der Waals surface area contributed by atoms with E-state index in [4.69, 9.17) is 21.5 Å². The molecule has 1 atom stereocenters. The van der Waals surface area contributed by atoms with E-state index in [-0.39, 0.29) is 5.92 Å². The third kappa shape index (κ3) is 1.44. The predicted molar refractivity (Wildman–Crippen MR) is 54.4 cm³/mol. The Balaban J connectivity index is 2.55. The van der Waals surface area contributed by atoms with Gasteiger partial charge >= 0.3 is 0 Å². The fourth-order valence-corrected chi connectivity index (χ4v) is 1.71. The van der Waals surface area contributed by atoms with Gasteiger partial charge in [-0.25, -0.2) is 0 Å². The molecule has 1 heterocycles. The van der Waals surface area contributed by atoms with Crippen LogP contribution in [0.1, 0.15) is 12.5 Å². The van der Waals surface area contributed by atoms with Gasteiger partial charge in [-0.05, 0) is 18.2 Å². The van der Waals surface area contributed by atoms with Gasteiger partial charge in [-0.3, -0.25) is 0 Å². The first-order valence-electron chi connectivity index (χ1n) is 4.37. The van der Waals surface area contributed by atoms with Crippen LogP contribution in [0.15, 0.2) is 23.4 Å². The molecule has 14 heavy (non-hydrogen) atoms. The van der Waals surface area contributed by atoms with Crippen LogP contribution in [0.4, 0.5) is 0 Å². The molecule has 1 unspecified atom stereocenters. The summed E-state index contributed by atoms with van der Waals surface area (Å²) >= 11 is 5.85. The van der Waals surface area contributed by atoms with E-state index in [1.54, 1.807) is 18.2 Å². The number of fused-ring (bicyclic) bond motifs is 1. The van der Waals surface area contributed by atoms with E-state index in [2.05, 4.69) is 5.16 Å². The van der Waals surface area contributed by atoms with Gasteiger partial charge in [0, 0.05) is 16.5 Å². The van der Waals surface area contributed by atoms with Gasteiger partial charge in [0.15, 0.2) is 0 Å². The minimum absolute atomic E-state index is 0.0889. The highest BCUT2D eigenvalue weighted by molar-refractivity contribution is 6.31. The maximum Gasteiger partial charge on any atom is 0.128 e. The molecular formula is C10H10ClNO2. The highest BCUT2D eigenvalue weighted by atomic mass is 35.5. The van der Waals surface area contributed by atoms with Crippen LogP contribution in [0.25, 0.3) is 0 Å². The van der Waals surface area contributed by atoms with Crippen LogP contribution in [0.2, 0.25) is 5.02 Å². The second kappa shape index (κ2) is 3.50. The van der Waals surface area contributed by atoms with E-state index in [0.717, 1.165) is 11.3 Å². The normalized spacial score (nSPS) is 23.0. The van der Waals surface area contributed by atoms with Crippen molar-refractivity contribution in [2.75, 3.05) is 6.61 Å². The Hall–Kier alpha value is -1.22. The second-order valence-corrected chi connectivity index (χ2v) is 3.77. The van der Waals surface area contributed by atoms with Gasteiger partial charge in [0.1, 0.15) is 5.75 Å². The Labute approximate surface area is 86.9 Å². The number of ether oxygens (including phenoxy) is 1. The molecule has 1 N–H and O–H groups in total. The van der Waals surface area contributed by atoms with E-state index in [1.165, 1.54) is 0 Å². The molecule has 1 aliphatic heterocycles. The Kier molecular flexibility index (Phi) is 2.33. The van der Waals surface area contributed by atoms with Crippen LogP contribution in [0.5, 0.6) is 5.75 Å². The lowest BCUT2D eigenvalue weighted by Gasteiger charge is -2.23. The van der Waals surface area contributed by atoms with Crippen molar-refractivity contribution in [1.82, 2.24) is 0 Å². The van der Waals surface area contributed by atoms with Crippen molar-refractivity contribution in [3.05, 3.63) is 28.8 Å². The van der Waals surface area contributed by atoms with Crippen molar-refractivity contribution in [2.45, 2.75) is 6.92 Å². The molecule has 0 radical (unpaired) electrons. The Morgan fingerprint density at radius 2 is 2.36 bits per heavy atom. The zero-order valence-corrected chi connectivity index (χ0v) is 8.45. The van der Waals surface area contributed by atoms with Crippen molar-refractivity contribution in [1.29, 1.82) is 0 Å². The van der Waals surface area contributed by atoms with Crippen molar-refractivity contribution >= 4 is 17.3 Å². The molecular weight excluding hydrogens is 202 g/mol. The lowest BCUT2D eigenvalue weighted by molar-refractivity contribution is 0.268. The summed E-state index contributed by atoms with van der Waals surface area (Å²) in [6, 6.07) is 5.29. The van der Waals surface area contributed by atoms with Gasteiger partial charge in [-0.1, -0.05) is 23.7 Å². The molecule has 1 aromatic carbocycles. The average molecular weight is 212 g/mol. The van der Waals surface area contributed by atoms with Crippen LogP contribution >= 0.6 is 11.6 Å². The highest BCUT2D eigenvalue weighted by Crippen LogP contribution is 2.29. The molecule has 0 saturated heterocycles. The van der Waals surface area contributed by atoms with Crippen LogP contribution in [-0.4, -0.2) is 17.5 Å². The van der Waals surface area contributed by atoms with Crippen molar-refractivity contribution in [3.63, 3.8) is 0 Å². The van der Waals surface area contributed by atoms with E-state index >= 15 is 0 Å². The molecule has 2 rings (SSSR count). The molecule has 74 valence electrons. The second-order valence-electron chi connectivity index (χ2n) is 3.34. The quantitative estimate of drug-likeness (QED) is 0.529. The summed E-state index contributed by atoms with van der Waals surface area (Å²) < 4.78 is 5.47. The summed E-state index contributed by atoms with van der Waals surface area (Å²) in [7, 11) is 0. The topological polar surface area (TPSA) is 41.8 Å². The molecule has 1 aliphatic rings. The number of rotatable bonds is 0. The van der Waals surface area contributed by atoms with E-state index in [9.17, 15) is 0 Å². The molecule has 3 nitrogen and oxygen atoms in total. The van der Waals surface area contributed by atoms with Gasteiger partial charge < -0.3 is 9.94 Å². The van der Waals surface area contributed by atoms with Gasteiger partial charge in [-0.15, -0.1) is 0 Å². The van der Waals surface area contributed by atoms with Gasteiger partial charge in [0.2, 0.25) is 0 Å². The largest absolute Gasteiger partial charge is 0.492 e. The van der Waals surface area contributed by atoms with Crippen LogP contribution in [0, 0.1) is 5.92 Å². The minimum Gasteiger partial charge on any atom is -0.492 e. The molecule has 4 heteroatoms. The van der Waals surface area contributed by atoms with E-state index in [0.29, 0.717) is 17.3 Å². The van der Waals surface area contributed by atoms with Crippen molar-refractivity contribution in [3.8, 4) is 5.75 Å². The molecule has 0 saturated carbocycles. The lowest BCUT2D eigenvalue weighted by Crippen LogP contribution is -2.26. The third-order valence-electron chi connectivity index (χ3n) is 2.28. The average Bonchev–Trinajstić information content (AvgIpc) is 2.17. The first-order valence-corrected chi connectivity index (χ1v) is 4.75. The molecule has 0 bridgehead atoms. The van der Waals surface area contributed by atoms with Gasteiger partial charge in [0.05, 0.1) is 12.3 Å². The number of nitrogens with zero attached hydrogens (tertiary/aromatic N) is 1. The smallest absolute Gasteiger partial charge is 0.128 e. The Morgan fingerprint density at radius 3 is 3.07 bits per heavy atom. The highest BCUT2D eigenvalue weighted by Gasteiger charge is 2.24. The van der Waals surface area contributed by atoms with Crippen molar-refractivity contribution in [2.24, 2.45) is 11.1 Å². The number of hydrogen-bond acceptors (Lipinski definition) is 3. The van der Waals surface area contributed by atoms with E-state index in [1.807, 2.05) is 6.92 Å². The summed E-state index contributed by atoms with van der Waals surface area (Å²) in [5.74, 6) is 0.811. The minimum atomic E-state index is 0.0889. The maximum atomic E-state index is 8.89. The van der Waals surface area contributed by atoms with E-state index < -0.39 is 0 Å². The molecule has 0 fully saturated rings. The summed E-state index contributed by atoms with van der Waals surface area (Å²) in [6.07, 6.45) is 0. The number of hydrogen-bond donors (Lipinski definition) is 1. The summed E-state index contributed by atoms with van der Waals surface area (Å²) in [5, 5.41) is 12.8. The predicted octanol–water partition coefficient (Wildman–Crippen LogP) is 2.55. The SMILES string of the molecule is CC1COc2ccc(Cl)cc2C1=NO. The van der Waals surface area contributed by atoms with Gasteiger partial charge in [0.25, 0.3) is 0 Å². The standard InChI is InChI=1S/C10H10ClNO2/c1-6-5-14-9-3-2-7(11)4-8(9)10(6)12-13/h2-4,6,13H,5H2,1H3. The summed E-state index contributed by atoms with van der Waals surface area (Å²) in [4.78, 5) is 0. The number of halogens is 1. The van der Waals surface area contributed by atoms with Crippen LogP contribution < -0.4 is 4.74 Å². The molecule has 0 spiro atoms. The number of oxime groups is 1. The molecule has 0 amide bonds. The first-order chi connectivity index (χ1) is 6.72. The van der Waals surface area contributed by atoms with Gasteiger partial charge in [-0.2, -0.15) is 0 Å². The third-order valence-corrected chi connectivity index (χ3v) is 2.52. The maximum absolute atomic E-state index is 8.89. The zero-order valence-electron chi connectivity index (χ0n) is 7.70. The Morgan fingerprint density at radius 1 is 1.57 bits per heavy atom. The summed E-state index contributed by atoms with van der Waals surface area (Å²) in [5.41, 5.74) is 1.41. The Bertz CT molecular complexity index is 390. The fourth-order valence-electron chi connectivity index (χ4n) is 1.54. The number of benzene rings is 1. The molecule has 0 aliphatic carbocycles. The first kappa shape index (κ1) is 9.34. The molecule has 1 aromatic rings. The monoisotopic (exact) mass is 211 g/mol. The van der Waals surface area contributed by atoms with Crippen molar-refractivity contribution < 1.29 is 9.94 Å². The van der Waals surface area contributed by atoms with Crippen LogP contribution in [0.3, 0.4) is 0 Å². The lowest BCUT2D eigenvalue weighted by atomic mass is 9.96.